The number of amidine groups is 1. The van der Waals surface area contributed by atoms with Gasteiger partial charge in [0.1, 0.15) is 36.0 Å². The molecule has 5 rings (SSSR count). The number of benzene rings is 2. The highest BCUT2D eigenvalue weighted by atomic mass is 35.5. The van der Waals surface area contributed by atoms with E-state index in [2.05, 4.69) is 21.4 Å². The Hall–Kier alpha value is -4.36. The number of imidazole rings is 1. The highest BCUT2D eigenvalue weighted by molar-refractivity contribution is 6.30. The molecular weight excluding hydrogens is 506 g/mol. The van der Waals surface area contributed by atoms with Crippen LogP contribution in [0.1, 0.15) is 48.4 Å². The van der Waals surface area contributed by atoms with Crippen LogP contribution in [0.4, 0.5) is 4.79 Å². The molecule has 2 atom stereocenters. The number of aromatic amines is 1. The minimum Gasteiger partial charge on any atom is -0.490 e. The Labute approximate surface area is 224 Å². The third-order valence-corrected chi connectivity index (χ3v) is 6.56. The van der Waals surface area contributed by atoms with Crippen LogP contribution in [-0.2, 0) is 4.79 Å². The minimum absolute atomic E-state index is 0.0676. The number of nitrogens with zero attached hydrogens (tertiary/aromatic N) is 5. The lowest BCUT2D eigenvalue weighted by Gasteiger charge is -2.35. The normalized spacial score (nSPS) is 19.2. The van der Waals surface area contributed by atoms with Crippen LogP contribution in [0, 0.1) is 11.3 Å². The van der Waals surface area contributed by atoms with Gasteiger partial charge in [-0.2, -0.15) is 5.26 Å². The van der Waals surface area contributed by atoms with Gasteiger partial charge < -0.3 is 19.9 Å². The van der Waals surface area contributed by atoms with Gasteiger partial charge in [0.2, 0.25) is 5.91 Å². The number of H-pyrrole nitrogens is 1. The summed E-state index contributed by atoms with van der Waals surface area (Å²) in [5.74, 6) is 1.11. The van der Waals surface area contributed by atoms with Gasteiger partial charge in [-0.15, -0.1) is 0 Å². The van der Waals surface area contributed by atoms with Crippen molar-refractivity contribution in [1.29, 1.82) is 5.26 Å². The molecule has 2 aliphatic rings. The molecule has 1 fully saturated rings. The monoisotopic (exact) mass is 531 g/mol. The molecule has 3 aromatic rings. The zero-order valence-electron chi connectivity index (χ0n) is 20.9. The second kappa shape index (κ2) is 10.6. The molecule has 194 valence electrons. The lowest BCUT2D eigenvalue weighted by Crippen LogP contribution is -2.55. The van der Waals surface area contributed by atoms with Crippen molar-refractivity contribution in [3.63, 3.8) is 0 Å². The molecule has 3 amide bonds. The molecule has 1 saturated heterocycles. The van der Waals surface area contributed by atoms with E-state index in [9.17, 15) is 14.9 Å². The summed E-state index contributed by atoms with van der Waals surface area (Å²) in [5, 5.41) is 12.8. The van der Waals surface area contributed by atoms with E-state index in [0.717, 1.165) is 5.56 Å². The average Bonchev–Trinajstić information content (AvgIpc) is 3.56. The fourth-order valence-corrected chi connectivity index (χ4v) is 4.78. The molecule has 0 saturated carbocycles. The number of hydrogen-bond acceptors (Lipinski definition) is 6. The largest absolute Gasteiger partial charge is 0.490 e. The average molecular weight is 532 g/mol. The van der Waals surface area contributed by atoms with Gasteiger partial charge in [-0.25, -0.2) is 9.78 Å². The van der Waals surface area contributed by atoms with Crippen LogP contribution < -0.4 is 10.1 Å². The van der Waals surface area contributed by atoms with Gasteiger partial charge in [-0.3, -0.25) is 14.7 Å². The zero-order valence-corrected chi connectivity index (χ0v) is 21.6. The van der Waals surface area contributed by atoms with Crippen molar-refractivity contribution >= 4 is 29.4 Å². The number of piperazine rings is 1. The van der Waals surface area contributed by atoms with E-state index in [0.29, 0.717) is 46.6 Å². The smallest absolute Gasteiger partial charge is 0.326 e. The number of nitriles is 1. The van der Waals surface area contributed by atoms with Gasteiger partial charge in [0.25, 0.3) is 0 Å². The molecule has 2 aromatic carbocycles. The number of amides is 3. The van der Waals surface area contributed by atoms with E-state index in [4.69, 9.17) is 21.3 Å². The summed E-state index contributed by atoms with van der Waals surface area (Å²) in [5.41, 5.74) is 1.81. The molecule has 0 unspecified atom stereocenters. The summed E-state index contributed by atoms with van der Waals surface area (Å²) in [6.07, 6.45) is 3.13. The number of ether oxygens (including phenoxy) is 1. The standard InChI is InChI=1S/C27H26ClN7O3/c1-16(2)38-21-13-17(14-29)3-8-20(21)26-33-23(18-4-6-19(28)7-5-18)24(25-31-9-10-32-25)35(26)27(37)34-12-11-30-22(36)15-34/h3-10,13,16,23-24H,11-12,15H2,1-2H3,(H,30,36)(H,31,32)/t23-,24-/m0/s1. The first-order valence-corrected chi connectivity index (χ1v) is 12.6. The van der Waals surface area contributed by atoms with Crippen molar-refractivity contribution in [3.8, 4) is 11.8 Å². The summed E-state index contributed by atoms with van der Waals surface area (Å²) in [7, 11) is 0. The van der Waals surface area contributed by atoms with Gasteiger partial charge in [-0.05, 0) is 49.7 Å². The molecule has 38 heavy (non-hydrogen) atoms. The Morgan fingerprint density at radius 1 is 1.24 bits per heavy atom. The van der Waals surface area contributed by atoms with E-state index >= 15 is 0 Å². The van der Waals surface area contributed by atoms with Crippen LogP contribution in [0.5, 0.6) is 5.75 Å². The second-order valence-corrected chi connectivity index (χ2v) is 9.72. The van der Waals surface area contributed by atoms with Crippen molar-refractivity contribution in [1.82, 2.24) is 25.1 Å². The predicted octanol–water partition coefficient (Wildman–Crippen LogP) is 3.82. The van der Waals surface area contributed by atoms with E-state index in [1.165, 1.54) is 4.90 Å². The first-order chi connectivity index (χ1) is 18.4. The van der Waals surface area contributed by atoms with E-state index in [1.807, 2.05) is 26.0 Å². The van der Waals surface area contributed by atoms with Crippen molar-refractivity contribution in [2.75, 3.05) is 19.6 Å². The molecule has 0 spiro atoms. The maximum atomic E-state index is 14.2. The Morgan fingerprint density at radius 3 is 2.68 bits per heavy atom. The maximum Gasteiger partial charge on any atom is 0.326 e. The molecule has 1 aromatic heterocycles. The zero-order chi connectivity index (χ0) is 26.8. The van der Waals surface area contributed by atoms with Crippen LogP contribution >= 0.6 is 11.6 Å². The van der Waals surface area contributed by atoms with Crippen LogP contribution in [0.25, 0.3) is 0 Å². The first kappa shape index (κ1) is 25.3. The number of aliphatic imine (C=N–C) groups is 1. The molecule has 3 heterocycles. The maximum absolute atomic E-state index is 14.2. The van der Waals surface area contributed by atoms with E-state index in [-0.39, 0.29) is 24.6 Å². The predicted molar refractivity (Wildman–Crippen MR) is 141 cm³/mol. The van der Waals surface area contributed by atoms with Crippen molar-refractivity contribution < 1.29 is 14.3 Å². The van der Waals surface area contributed by atoms with Crippen LogP contribution in [-0.4, -0.2) is 63.3 Å². The Bertz CT molecular complexity index is 1410. The SMILES string of the molecule is CC(C)Oc1cc(C#N)ccc1C1=N[C@@H](c2ccc(Cl)cc2)[C@@H](c2ncc[nH]2)N1C(=O)N1CCNC(=O)C1. The van der Waals surface area contributed by atoms with Gasteiger partial charge in [0, 0.05) is 30.5 Å². The number of urea groups is 1. The number of hydrogen-bond donors (Lipinski definition) is 2. The highest BCUT2D eigenvalue weighted by Crippen LogP contribution is 2.44. The summed E-state index contributed by atoms with van der Waals surface area (Å²) < 4.78 is 6.08. The Morgan fingerprint density at radius 2 is 2.03 bits per heavy atom. The molecule has 2 aliphatic heterocycles. The molecule has 0 bridgehead atoms. The molecule has 0 radical (unpaired) electrons. The molecule has 10 nitrogen and oxygen atoms in total. The summed E-state index contributed by atoms with van der Waals surface area (Å²) in [6, 6.07) is 12.9. The summed E-state index contributed by atoms with van der Waals surface area (Å²) >= 11 is 6.16. The lowest BCUT2D eigenvalue weighted by molar-refractivity contribution is -0.123. The van der Waals surface area contributed by atoms with Crippen LogP contribution in [0.15, 0.2) is 59.9 Å². The topological polar surface area (TPSA) is 127 Å². The number of carbonyl (C=O) groups is 2. The number of aromatic nitrogens is 2. The second-order valence-electron chi connectivity index (χ2n) is 9.28. The van der Waals surface area contributed by atoms with Crippen molar-refractivity contribution in [3.05, 3.63) is 82.4 Å². The van der Waals surface area contributed by atoms with Crippen LogP contribution in [0.3, 0.4) is 0 Å². The number of carbonyl (C=O) groups excluding carboxylic acids is 2. The summed E-state index contributed by atoms with van der Waals surface area (Å²) in [4.78, 5) is 42.1. The van der Waals surface area contributed by atoms with Gasteiger partial charge in [0.15, 0.2) is 0 Å². The third-order valence-electron chi connectivity index (χ3n) is 6.31. The third kappa shape index (κ3) is 4.93. The van der Waals surface area contributed by atoms with Crippen LogP contribution in [0.2, 0.25) is 5.02 Å². The van der Waals surface area contributed by atoms with Gasteiger partial charge in [0.05, 0.1) is 23.3 Å². The molecular formula is C27H26ClN7O3. The van der Waals surface area contributed by atoms with E-state index < -0.39 is 12.1 Å². The lowest BCUT2D eigenvalue weighted by atomic mass is 9.99. The Balaban J connectivity index is 1.69. The Kier molecular flexibility index (Phi) is 7.03. The number of rotatable bonds is 5. The summed E-state index contributed by atoms with van der Waals surface area (Å²) in [6.45, 7) is 4.41. The fraction of sp³-hybridized carbons (Fsp3) is 0.296. The molecule has 0 aliphatic carbocycles. The van der Waals surface area contributed by atoms with Gasteiger partial charge in [-0.1, -0.05) is 23.7 Å². The first-order valence-electron chi connectivity index (χ1n) is 12.2. The quantitative estimate of drug-likeness (QED) is 0.517. The molecule has 2 N–H and O–H groups in total. The van der Waals surface area contributed by atoms with Crippen molar-refractivity contribution in [2.24, 2.45) is 4.99 Å². The van der Waals surface area contributed by atoms with Gasteiger partial charge >= 0.3 is 6.03 Å². The van der Waals surface area contributed by atoms with Crippen molar-refractivity contribution in [2.45, 2.75) is 32.0 Å². The number of nitrogens with one attached hydrogen (secondary N) is 2. The van der Waals surface area contributed by atoms with E-state index in [1.54, 1.807) is 47.6 Å². The number of halogens is 1. The highest BCUT2D eigenvalue weighted by Gasteiger charge is 2.46. The minimum atomic E-state index is -0.638. The molecule has 11 heteroatoms. The fourth-order valence-electron chi connectivity index (χ4n) is 4.66.